The summed E-state index contributed by atoms with van der Waals surface area (Å²) in [5, 5.41) is 10.5. The van der Waals surface area contributed by atoms with Gasteiger partial charge in [0.15, 0.2) is 0 Å². The highest BCUT2D eigenvalue weighted by atomic mass is 35.5. The molecule has 4 heteroatoms. The van der Waals surface area contributed by atoms with Crippen molar-refractivity contribution in [3.05, 3.63) is 34.9 Å². The Morgan fingerprint density at radius 3 is 2.44 bits per heavy atom. The number of halogens is 1. The van der Waals surface area contributed by atoms with E-state index in [0.29, 0.717) is 0 Å². The van der Waals surface area contributed by atoms with Crippen LogP contribution in [0.3, 0.4) is 0 Å². The van der Waals surface area contributed by atoms with Crippen molar-refractivity contribution in [1.29, 1.82) is 0 Å². The molecule has 1 saturated heterocycles. The normalized spacial score (nSPS) is 20.6. The van der Waals surface area contributed by atoms with Gasteiger partial charge < -0.3 is 9.84 Å². The standard InChI is InChI=1S/C14H20ClNO2/c1-14(11-17,16-6-8-18-9-7-16)10-12-2-4-13(15)5-3-12/h2-5,17H,6-11H2,1H3. The minimum atomic E-state index is -0.225. The van der Waals surface area contributed by atoms with Gasteiger partial charge in [-0.05, 0) is 31.0 Å². The van der Waals surface area contributed by atoms with E-state index >= 15 is 0 Å². The first-order chi connectivity index (χ1) is 8.64. The van der Waals surface area contributed by atoms with E-state index in [1.54, 1.807) is 0 Å². The van der Waals surface area contributed by atoms with Crippen LogP contribution in [-0.4, -0.2) is 48.5 Å². The third kappa shape index (κ3) is 3.23. The Morgan fingerprint density at radius 2 is 1.89 bits per heavy atom. The highest BCUT2D eigenvalue weighted by molar-refractivity contribution is 6.30. The summed E-state index contributed by atoms with van der Waals surface area (Å²) >= 11 is 5.89. The van der Waals surface area contributed by atoms with Gasteiger partial charge in [-0.2, -0.15) is 0 Å². The Balaban J connectivity index is 2.08. The van der Waals surface area contributed by atoms with Crippen molar-refractivity contribution in [2.75, 3.05) is 32.9 Å². The molecule has 0 aromatic heterocycles. The number of hydrogen-bond acceptors (Lipinski definition) is 3. The first-order valence-corrected chi connectivity index (χ1v) is 6.70. The van der Waals surface area contributed by atoms with Gasteiger partial charge in [0.25, 0.3) is 0 Å². The minimum absolute atomic E-state index is 0.148. The van der Waals surface area contributed by atoms with Crippen molar-refractivity contribution in [3.63, 3.8) is 0 Å². The molecule has 0 saturated carbocycles. The lowest BCUT2D eigenvalue weighted by atomic mass is 9.91. The molecule has 1 atom stereocenters. The molecule has 1 N–H and O–H groups in total. The number of aliphatic hydroxyl groups is 1. The highest BCUT2D eigenvalue weighted by Crippen LogP contribution is 2.22. The minimum Gasteiger partial charge on any atom is -0.394 e. The molecule has 0 spiro atoms. The van der Waals surface area contributed by atoms with Gasteiger partial charge in [-0.3, -0.25) is 4.90 Å². The Kier molecular flexibility index (Phi) is 4.62. The zero-order valence-corrected chi connectivity index (χ0v) is 11.5. The molecule has 100 valence electrons. The summed E-state index contributed by atoms with van der Waals surface area (Å²) in [6.07, 6.45) is 0.820. The number of nitrogens with zero attached hydrogens (tertiary/aromatic N) is 1. The average Bonchev–Trinajstić information content (AvgIpc) is 2.42. The summed E-state index contributed by atoms with van der Waals surface area (Å²) in [5.74, 6) is 0. The van der Waals surface area contributed by atoms with Crippen LogP contribution in [0.2, 0.25) is 5.02 Å². The van der Waals surface area contributed by atoms with Gasteiger partial charge in [0.2, 0.25) is 0 Å². The van der Waals surface area contributed by atoms with Gasteiger partial charge in [-0.1, -0.05) is 23.7 Å². The Morgan fingerprint density at radius 1 is 1.28 bits per heavy atom. The van der Waals surface area contributed by atoms with Crippen LogP contribution in [0.1, 0.15) is 12.5 Å². The number of hydrogen-bond donors (Lipinski definition) is 1. The fourth-order valence-corrected chi connectivity index (χ4v) is 2.54. The fraction of sp³-hybridized carbons (Fsp3) is 0.571. The summed E-state index contributed by atoms with van der Waals surface area (Å²) in [6, 6.07) is 7.84. The molecular weight excluding hydrogens is 250 g/mol. The lowest BCUT2D eigenvalue weighted by molar-refractivity contribution is -0.0363. The molecule has 0 amide bonds. The number of benzene rings is 1. The molecule has 1 aliphatic rings. The van der Waals surface area contributed by atoms with E-state index in [2.05, 4.69) is 11.8 Å². The average molecular weight is 270 g/mol. The SMILES string of the molecule is CC(CO)(Cc1ccc(Cl)cc1)N1CCOCC1. The van der Waals surface area contributed by atoms with Gasteiger partial charge in [0.05, 0.1) is 19.8 Å². The Bertz CT molecular complexity index is 376. The predicted octanol–water partition coefficient (Wildman–Crippen LogP) is 1.97. The van der Waals surface area contributed by atoms with E-state index in [9.17, 15) is 5.11 Å². The van der Waals surface area contributed by atoms with Crippen LogP contribution in [-0.2, 0) is 11.2 Å². The third-order valence-corrected chi connectivity index (χ3v) is 3.87. The molecule has 1 fully saturated rings. The lowest BCUT2D eigenvalue weighted by Crippen LogP contribution is -2.55. The van der Waals surface area contributed by atoms with Crippen LogP contribution in [0.25, 0.3) is 0 Å². The summed E-state index contributed by atoms with van der Waals surface area (Å²) < 4.78 is 5.36. The van der Waals surface area contributed by atoms with Crippen LogP contribution in [0.4, 0.5) is 0 Å². The van der Waals surface area contributed by atoms with Crippen molar-refractivity contribution in [2.45, 2.75) is 18.9 Å². The Labute approximate surface area is 113 Å². The smallest absolute Gasteiger partial charge is 0.0616 e. The second kappa shape index (κ2) is 6.02. The predicted molar refractivity (Wildman–Crippen MR) is 73.0 cm³/mol. The monoisotopic (exact) mass is 269 g/mol. The highest BCUT2D eigenvalue weighted by Gasteiger charge is 2.32. The quantitative estimate of drug-likeness (QED) is 0.907. The van der Waals surface area contributed by atoms with Crippen LogP contribution < -0.4 is 0 Å². The first kappa shape index (κ1) is 13.8. The molecule has 0 radical (unpaired) electrons. The van der Waals surface area contributed by atoms with Crippen LogP contribution in [0.5, 0.6) is 0 Å². The maximum absolute atomic E-state index is 9.74. The molecule has 3 nitrogen and oxygen atoms in total. The van der Waals surface area contributed by atoms with Gasteiger partial charge in [0.1, 0.15) is 0 Å². The van der Waals surface area contributed by atoms with Crippen molar-refractivity contribution >= 4 is 11.6 Å². The van der Waals surface area contributed by atoms with Gasteiger partial charge in [-0.15, -0.1) is 0 Å². The molecule has 0 aliphatic carbocycles. The topological polar surface area (TPSA) is 32.7 Å². The van der Waals surface area contributed by atoms with Gasteiger partial charge >= 0.3 is 0 Å². The molecule has 1 aromatic rings. The van der Waals surface area contributed by atoms with E-state index in [0.717, 1.165) is 37.7 Å². The zero-order chi connectivity index (χ0) is 13.0. The molecule has 1 aliphatic heterocycles. The number of aliphatic hydroxyl groups excluding tert-OH is 1. The van der Waals surface area contributed by atoms with Crippen molar-refractivity contribution in [3.8, 4) is 0 Å². The molecule has 2 rings (SSSR count). The van der Waals surface area contributed by atoms with E-state index in [4.69, 9.17) is 16.3 Å². The number of ether oxygens (including phenoxy) is 1. The van der Waals surface area contributed by atoms with Crippen LogP contribution in [0, 0.1) is 0 Å². The van der Waals surface area contributed by atoms with Crippen molar-refractivity contribution < 1.29 is 9.84 Å². The van der Waals surface area contributed by atoms with Crippen molar-refractivity contribution in [2.24, 2.45) is 0 Å². The number of morpholine rings is 1. The third-order valence-electron chi connectivity index (χ3n) is 3.61. The van der Waals surface area contributed by atoms with Crippen LogP contribution >= 0.6 is 11.6 Å². The van der Waals surface area contributed by atoms with Gasteiger partial charge in [-0.25, -0.2) is 0 Å². The molecule has 1 aromatic carbocycles. The lowest BCUT2D eigenvalue weighted by Gasteiger charge is -2.42. The maximum Gasteiger partial charge on any atom is 0.0616 e. The summed E-state index contributed by atoms with van der Waals surface area (Å²) in [5.41, 5.74) is 0.972. The molecule has 0 bridgehead atoms. The van der Waals surface area contributed by atoms with E-state index < -0.39 is 0 Å². The van der Waals surface area contributed by atoms with Crippen LogP contribution in [0.15, 0.2) is 24.3 Å². The van der Waals surface area contributed by atoms with Crippen molar-refractivity contribution in [1.82, 2.24) is 4.90 Å². The second-order valence-electron chi connectivity index (χ2n) is 5.06. The maximum atomic E-state index is 9.74. The van der Waals surface area contributed by atoms with Gasteiger partial charge in [0, 0.05) is 23.7 Å². The first-order valence-electron chi connectivity index (χ1n) is 6.32. The fourth-order valence-electron chi connectivity index (χ4n) is 2.41. The molecule has 18 heavy (non-hydrogen) atoms. The molecule has 1 unspecified atom stereocenters. The van der Waals surface area contributed by atoms with E-state index in [1.807, 2.05) is 24.3 Å². The number of rotatable bonds is 4. The summed E-state index contributed by atoms with van der Waals surface area (Å²) in [6.45, 7) is 5.50. The summed E-state index contributed by atoms with van der Waals surface area (Å²) in [4.78, 5) is 2.31. The summed E-state index contributed by atoms with van der Waals surface area (Å²) in [7, 11) is 0. The largest absolute Gasteiger partial charge is 0.394 e. The van der Waals surface area contributed by atoms with E-state index in [1.165, 1.54) is 5.56 Å². The molecular formula is C14H20ClNO2. The molecule has 1 heterocycles. The zero-order valence-electron chi connectivity index (χ0n) is 10.7. The Hall–Kier alpha value is -0.610. The second-order valence-corrected chi connectivity index (χ2v) is 5.49. The van der Waals surface area contributed by atoms with E-state index in [-0.39, 0.29) is 12.1 Å².